The highest BCUT2D eigenvalue weighted by molar-refractivity contribution is 9.09. The summed E-state index contributed by atoms with van der Waals surface area (Å²) in [5, 5.41) is 3.69. The fourth-order valence-corrected chi connectivity index (χ4v) is 3.28. The summed E-state index contributed by atoms with van der Waals surface area (Å²) in [5.41, 5.74) is 1.45. The Morgan fingerprint density at radius 2 is 2.08 bits per heavy atom. The van der Waals surface area contributed by atoms with Crippen molar-refractivity contribution in [3.8, 4) is 0 Å². The van der Waals surface area contributed by atoms with E-state index in [2.05, 4.69) is 21.2 Å². The quantitative estimate of drug-likeness (QED) is 0.620. The van der Waals surface area contributed by atoms with Gasteiger partial charge in [-0.25, -0.2) is 13.6 Å². The Balaban J connectivity index is 1.93. The summed E-state index contributed by atoms with van der Waals surface area (Å²) in [6.45, 7) is 1.74. The van der Waals surface area contributed by atoms with Crippen molar-refractivity contribution in [1.82, 2.24) is 14.8 Å². The summed E-state index contributed by atoms with van der Waals surface area (Å²) >= 11 is 3.33. The normalized spacial score (nSPS) is 16.8. The molecule has 7 heteroatoms. The van der Waals surface area contributed by atoms with Gasteiger partial charge in [0.25, 0.3) is 0 Å². The highest BCUT2D eigenvalue weighted by Crippen LogP contribution is 2.33. The Morgan fingerprint density at radius 1 is 1.25 bits per heavy atom. The van der Waals surface area contributed by atoms with Crippen molar-refractivity contribution in [2.75, 3.05) is 18.4 Å². The van der Waals surface area contributed by atoms with Crippen molar-refractivity contribution in [3.63, 3.8) is 0 Å². The van der Waals surface area contributed by atoms with Gasteiger partial charge >= 0.3 is 6.03 Å². The summed E-state index contributed by atoms with van der Waals surface area (Å²) in [6, 6.07) is 6.98. The number of carbonyl (C=O) groups excluding carboxylic acids is 1. The summed E-state index contributed by atoms with van der Waals surface area (Å²) in [5.74, 6) is -1.80. The Hall–Kier alpha value is -1.89. The number of hydrogen-bond donors (Lipinski definition) is 1. The van der Waals surface area contributed by atoms with E-state index in [9.17, 15) is 13.6 Å². The van der Waals surface area contributed by atoms with Crippen LogP contribution >= 0.6 is 15.9 Å². The first-order valence-electron chi connectivity index (χ1n) is 7.82. The summed E-state index contributed by atoms with van der Waals surface area (Å²) in [6.07, 6.45) is 2.76. The number of nitrogens with one attached hydrogen (secondary N) is 1. The molecule has 0 bridgehead atoms. The number of carbonyl (C=O) groups is 1. The Morgan fingerprint density at radius 3 is 2.83 bits per heavy atom. The molecule has 2 amide bonds. The molecular formula is C17H18BrF2N3O. The molecule has 0 radical (unpaired) electrons. The van der Waals surface area contributed by atoms with Crippen LogP contribution in [0, 0.1) is 11.6 Å². The average molecular weight is 398 g/mol. The number of alkyl halides is 1. The van der Waals surface area contributed by atoms with E-state index in [1.807, 2.05) is 22.9 Å². The van der Waals surface area contributed by atoms with Crippen LogP contribution in [0.4, 0.5) is 13.6 Å². The average Bonchev–Trinajstić information content (AvgIpc) is 3.05. The number of nitrogens with zero attached hydrogens (tertiary/aromatic N) is 2. The van der Waals surface area contributed by atoms with Crippen molar-refractivity contribution < 1.29 is 13.6 Å². The molecule has 0 fully saturated rings. The van der Waals surface area contributed by atoms with Gasteiger partial charge in [-0.3, -0.25) is 0 Å². The number of rotatable bonds is 4. The fraction of sp³-hybridized carbons (Fsp3) is 0.353. The van der Waals surface area contributed by atoms with Gasteiger partial charge in [-0.05, 0) is 36.2 Å². The summed E-state index contributed by atoms with van der Waals surface area (Å²) in [4.78, 5) is 14.2. The first-order valence-corrected chi connectivity index (χ1v) is 8.94. The van der Waals surface area contributed by atoms with E-state index >= 15 is 0 Å². The largest absolute Gasteiger partial charge is 0.348 e. The molecule has 2 heterocycles. The minimum absolute atomic E-state index is 0.196. The number of halogens is 3. The molecule has 0 saturated carbocycles. The van der Waals surface area contributed by atoms with Crippen LogP contribution in [-0.2, 0) is 6.54 Å². The minimum Gasteiger partial charge on any atom is -0.348 e. The van der Waals surface area contributed by atoms with E-state index in [4.69, 9.17) is 0 Å². The van der Waals surface area contributed by atoms with Crippen LogP contribution in [0.1, 0.15) is 23.7 Å². The zero-order valence-electron chi connectivity index (χ0n) is 13.0. The van der Waals surface area contributed by atoms with E-state index in [1.54, 1.807) is 4.90 Å². The second kappa shape index (κ2) is 7.34. The molecule has 0 aliphatic carbocycles. The van der Waals surface area contributed by atoms with Crippen molar-refractivity contribution in [3.05, 3.63) is 59.4 Å². The lowest BCUT2D eigenvalue weighted by Gasteiger charge is -2.37. The zero-order chi connectivity index (χ0) is 17.1. The lowest BCUT2D eigenvalue weighted by Crippen LogP contribution is -2.47. The van der Waals surface area contributed by atoms with Crippen LogP contribution in [0.2, 0.25) is 0 Å². The van der Waals surface area contributed by atoms with Crippen LogP contribution < -0.4 is 5.32 Å². The number of aromatic nitrogens is 1. The number of fused-ring (bicyclic) bond motifs is 1. The molecule has 0 unspecified atom stereocenters. The van der Waals surface area contributed by atoms with E-state index in [0.717, 1.165) is 23.5 Å². The molecule has 1 aliphatic rings. The van der Waals surface area contributed by atoms with Gasteiger partial charge in [-0.1, -0.05) is 22.0 Å². The third-order valence-electron chi connectivity index (χ3n) is 4.15. The minimum atomic E-state index is -0.907. The highest BCUT2D eigenvalue weighted by Gasteiger charge is 2.32. The predicted octanol–water partition coefficient (Wildman–Crippen LogP) is 3.67. The van der Waals surface area contributed by atoms with Crippen LogP contribution in [0.3, 0.4) is 0 Å². The van der Waals surface area contributed by atoms with Gasteiger partial charge in [0.15, 0.2) is 11.6 Å². The third kappa shape index (κ3) is 3.31. The Bertz CT molecular complexity index is 734. The standard InChI is InChI=1S/C17H18BrF2N3O/c18-6-2-7-21-17(24)23-10-9-22-8-1-3-15(22)16(23)12-4-5-13(19)14(20)11-12/h1,3-5,8,11,16H,2,6-7,9-10H2,(H,21,24)/t16-/m1/s1. The maximum absolute atomic E-state index is 13.7. The predicted molar refractivity (Wildman–Crippen MR) is 91.1 cm³/mol. The van der Waals surface area contributed by atoms with Crippen LogP contribution in [-0.4, -0.2) is 33.9 Å². The smallest absolute Gasteiger partial charge is 0.318 e. The molecule has 1 atom stereocenters. The topological polar surface area (TPSA) is 37.3 Å². The van der Waals surface area contributed by atoms with Crippen LogP contribution in [0.5, 0.6) is 0 Å². The molecule has 128 valence electrons. The van der Waals surface area contributed by atoms with Crippen LogP contribution in [0.25, 0.3) is 0 Å². The lowest BCUT2D eigenvalue weighted by atomic mass is 10.00. The lowest BCUT2D eigenvalue weighted by molar-refractivity contribution is 0.168. The summed E-state index contributed by atoms with van der Waals surface area (Å²) in [7, 11) is 0. The number of benzene rings is 1. The number of hydrogen-bond acceptors (Lipinski definition) is 1. The second-order valence-corrected chi connectivity index (χ2v) is 6.46. The van der Waals surface area contributed by atoms with Gasteiger partial charge in [0, 0.05) is 36.9 Å². The maximum atomic E-state index is 13.7. The van der Waals surface area contributed by atoms with Crippen molar-refractivity contribution >= 4 is 22.0 Å². The molecule has 3 rings (SSSR count). The molecule has 0 spiro atoms. The molecule has 1 aromatic heterocycles. The number of amides is 2. The first-order chi connectivity index (χ1) is 11.6. The van der Waals surface area contributed by atoms with Gasteiger partial charge in [-0.2, -0.15) is 0 Å². The molecule has 4 nitrogen and oxygen atoms in total. The van der Waals surface area contributed by atoms with E-state index in [0.29, 0.717) is 25.2 Å². The van der Waals surface area contributed by atoms with E-state index in [-0.39, 0.29) is 6.03 Å². The van der Waals surface area contributed by atoms with Gasteiger partial charge in [0.2, 0.25) is 0 Å². The highest BCUT2D eigenvalue weighted by atomic mass is 79.9. The first kappa shape index (κ1) is 17.0. The monoisotopic (exact) mass is 397 g/mol. The van der Waals surface area contributed by atoms with Crippen molar-refractivity contribution in [1.29, 1.82) is 0 Å². The Kier molecular flexibility index (Phi) is 5.18. The molecule has 1 aliphatic heterocycles. The molecule has 2 aromatic rings. The fourth-order valence-electron chi connectivity index (χ4n) is 3.00. The SMILES string of the molecule is O=C(NCCCBr)N1CCn2cccc2[C@H]1c1ccc(F)c(F)c1. The van der Waals surface area contributed by atoms with Gasteiger partial charge in [0.05, 0.1) is 6.04 Å². The van der Waals surface area contributed by atoms with Crippen molar-refractivity contribution in [2.24, 2.45) is 0 Å². The molecule has 1 aromatic carbocycles. The van der Waals surface area contributed by atoms with Crippen molar-refractivity contribution in [2.45, 2.75) is 19.0 Å². The number of urea groups is 1. The maximum Gasteiger partial charge on any atom is 0.318 e. The Labute approximate surface area is 147 Å². The second-order valence-electron chi connectivity index (χ2n) is 5.67. The van der Waals surface area contributed by atoms with Gasteiger partial charge in [-0.15, -0.1) is 0 Å². The summed E-state index contributed by atoms with van der Waals surface area (Å²) < 4.78 is 29.0. The third-order valence-corrected chi connectivity index (χ3v) is 4.71. The van der Waals surface area contributed by atoms with Crippen LogP contribution in [0.15, 0.2) is 36.5 Å². The van der Waals surface area contributed by atoms with Gasteiger partial charge < -0.3 is 14.8 Å². The van der Waals surface area contributed by atoms with E-state index in [1.165, 1.54) is 12.1 Å². The molecule has 1 N–H and O–H groups in total. The van der Waals surface area contributed by atoms with E-state index < -0.39 is 17.7 Å². The molecule has 24 heavy (non-hydrogen) atoms. The molecular weight excluding hydrogens is 380 g/mol. The zero-order valence-corrected chi connectivity index (χ0v) is 14.6. The van der Waals surface area contributed by atoms with Gasteiger partial charge in [0.1, 0.15) is 0 Å². The molecule has 0 saturated heterocycles.